The smallest absolute Gasteiger partial charge is 0.262 e. The van der Waals surface area contributed by atoms with Crippen LogP contribution in [0, 0.1) is 0 Å². The van der Waals surface area contributed by atoms with Gasteiger partial charge in [0.05, 0.1) is 17.5 Å². The van der Waals surface area contributed by atoms with Gasteiger partial charge in [-0.15, -0.1) is 0 Å². The quantitative estimate of drug-likeness (QED) is 0.265. The van der Waals surface area contributed by atoms with Crippen LogP contribution in [0.25, 0.3) is 23.1 Å². The van der Waals surface area contributed by atoms with Gasteiger partial charge in [0.25, 0.3) is 10.1 Å². The fourth-order valence-corrected chi connectivity index (χ4v) is 4.46. The largest absolute Gasteiger partial charge is 0.264 e. The van der Waals surface area contributed by atoms with Gasteiger partial charge in [0.15, 0.2) is 0 Å². The minimum absolute atomic E-state index is 0.553. The van der Waals surface area contributed by atoms with E-state index >= 15 is 0 Å². The second-order valence-corrected chi connectivity index (χ2v) is 9.93. The lowest BCUT2D eigenvalue weighted by atomic mass is 9.99. The molecule has 4 rings (SSSR count). The number of fused-ring (bicyclic) bond motifs is 1. The maximum Gasteiger partial charge on any atom is 0.264 e. The van der Waals surface area contributed by atoms with E-state index in [1.54, 1.807) is 0 Å². The fourth-order valence-electron chi connectivity index (χ4n) is 3.67. The van der Waals surface area contributed by atoms with E-state index in [0.717, 1.165) is 39.5 Å². The number of nitrogens with zero attached hydrogens (tertiary/aromatic N) is 1. The van der Waals surface area contributed by atoms with Crippen molar-refractivity contribution in [3.8, 4) is 0 Å². The van der Waals surface area contributed by atoms with Crippen LogP contribution in [-0.4, -0.2) is 19.7 Å². The molecule has 168 valence electrons. The van der Waals surface area contributed by atoms with Crippen molar-refractivity contribution in [3.63, 3.8) is 0 Å². The highest BCUT2D eigenvalue weighted by Crippen LogP contribution is 2.27. The zero-order chi connectivity index (χ0) is 23.3. The van der Waals surface area contributed by atoms with Crippen LogP contribution in [0.5, 0.6) is 0 Å². The molecule has 1 heterocycles. The standard InChI is InChI=1S/C27H24ClNO3S/c1-33(30,31)32-27(17-11-20-6-3-2-4-7-20)23-9-5-8-21(18-23)10-15-25-16-13-22-12-14-24(28)19-26(22)29-25/h2-10,12-16,18-19,27H,11,17H2,1H3/t27-/m0/s1. The Morgan fingerprint density at radius 1 is 0.939 bits per heavy atom. The molecule has 6 heteroatoms. The Morgan fingerprint density at radius 2 is 1.73 bits per heavy atom. The number of pyridine rings is 1. The molecule has 0 aliphatic carbocycles. The van der Waals surface area contributed by atoms with E-state index in [-0.39, 0.29) is 0 Å². The molecule has 4 nitrogen and oxygen atoms in total. The van der Waals surface area contributed by atoms with Gasteiger partial charge in [-0.25, -0.2) is 4.98 Å². The second kappa shape index (κ2) is 10.3. The first kappa shape index (κ1) is 23.2. The van der Waals surface area contributed by atoms with Crippen molar-refractivity contribution in [1.29, 1.82) is 0 Å². The molecule has 0 saturated heterocycles. The Morgan fingerprint density at radius 3 is 2.52 bits per heavy atom. The van der Waals surface area contributed by atoms with Crippen molar-refractivity contribution in [2.75, 3.05) is 6.26 Å². The van der Waals surface area contributed by atoms with E-state index in [1.165, 1.54) is 0 Å². The number of halogens is 1. The van der Waals surface area contributed by atoms with Gasteiger partial charge < -0.3 is 0 Å². The Bertz CT molecular complexity index is 1390. The van der Waals surface area contributed by atoms with E-state index in [1.807, 2.05) is 97.1 Å². The van der Waals surface area contributed by atoms with Gasteiger partial charge >= 0.3 is 0 Å². The average molecular weight is 478 g/mol. The third kappa shape index (κ3) is 6.75. The fraction of sp³-hybridized carbons (Fsp3) is 0.148. The molecule has 0 N–H and O–H groups in total. The number of aryl methyl sites for hydroxylation is 1. The van der Waals surface area contributed by atoms with Crippen LogP contribution in [0.3, 0.4) is 0 Å². The molecular formula is C27H24ClNO3S. The monoisotopic (exact) mass is 477 g/mol. The summed E-state index contributed by atoms with van der Waals surface area (Å²) in [5, 5.41) is 1.67. The first-order valence-corrected chi connectivity index (χ1v) is 12.8. The Labute approximate surface area is 199 Å². The highest BCUT2D eigenvalue weighted by atomic mass is 35.5. The molecule has 0 aliphatic rings. The van der Waals surface area contributed by atoms with Crippen LogP contribution in [0.15, 0.2) is 84.9 Å². The lowest BCUT2D eigenvalue weighted by Crippen LogP contribution is -2.11. The van der Waals surface area contributed by atoms with Gasteiger partial charge in [-0.3, -0.25) is 4.18 Å². The van der Waals surface area contributed by atoms with Crippen molar-refractivity contribution in [3.05, 3.63) is 112 Å². The van der Waals surface area contributed by atoms with Crippen LogP contribution in [0.4, 0.5) is 0 Å². The minimum Gasteiger partial charge on any atom is -0.262 e. The molecule has 0 unspecified atom stereocenters. The van der Waals surface area contributed by atoms with E-state index < -0.39 is 16.2 Å². The molecule has 0 amide bonds. The maximum absolute atomic E-state index is 11.9. The van der Waals surface area contributed by atoms with Gasteiger partial charge in [-0.1, -0.05) is 78.3 Å². The van der Waals surface area contributed by atoms with Crippen LogP contribution in [-0.2, 0) is 20.7 Å². The van der Waals surface area contributed by atoms with Gasteiger partial charge in [-0.05, 0) is 59.9 Å². The summed E-state index contributed by atoms with van der Waals surface area (Å²) >= 11 is 6.09. The molecule has 3 aromatic carbocycles. The summed E-state index contributed by atoms with van der Waals surface area (Å²) in [6, 6.07) is 27.3. The average Bonchev–Trinajstić information content (AvgIpc) is 2.80. The normalized spacial score (nSPS) is 12.9. The van der Waals surface area contributed by atoms with E-state index in [0.29, 0.717) is 17.9 Å². The maximum atomic E-state index is 11.9. The molecule has 33 heavy (non-hydrogen) atoms. The second-order valence-electron chi connectivity index (χ2n) is 7.89. The van der Waals surface area contributed by atoms with Crippen LogP contribution in [0.2, 0.25) is 5.02 Å². The Balaban J connectivity index is 1.56. The molecule has 0 aliphatic heterocycles. The summed E-state index contributed by atoms with van der Waals surface area (Å²) in [5.74, 6) is 0. The third-order valence-corrected chi connectivity index (χ3v) is 6.05. The summed E-state index contributed by atoms with van der Waals surface area (Å²) in [6.45, 7) is 0. The summed E-state index contributed by atoms with van der Waals surface area (Å²) in [7, 11) is -3.61. The summed E-state index contributed by atoms with van der Waals surface area (Å²) in [6.07, 6.45) is 5.67. The molecule has 0 spiro atoms. The van der Waals surface area contributed by atoms with Crippen molar-refractivity contribution >= 4 is 44.8 Å². The van der Waals surface area contributed by atoms with E-state index in [9.17, 15) is 8.42 Å². The molecular weight excluding hydrogens is 454 g/mol. The lowest BCUT2D eigenvalue weighted by Gasteiger charge is -2.17. The van der Waals surface area contributed by atoms with Gasteiger partial charge in [0, 0.05) is 10.4 Å². The Hall–Kier alpha value is -2.99. The molecule has 0 saturated carbocycles. The van der Waals surface area contributed by atoms with Crippen molar-refractivity contribution in [2.45, 2.75) is 18.9 Å². The first-order chi connectivity index (χ1) is 15.9. The topological polar surface area (TPSA) is 56.3 Å². The number of rotatable bonds is 8. The van der Waals surface area contributed by atoms with Crippen molar-refractivity contribution in [2.24, 2.45) is 0 Å². The third-order valence-electron chi connectivity index (χ3n) is 5.23. The summed E-state index contributed by atoms with van der Waals surface area (Å²) in [5.41, 5.74) is 4.53. The SMILES string of the molecule is CS(=O)(=O)O[C@@H](CCc1ccccc1)c1cccc(C=Cc2ccc3ccc(Cl)cc3n2)c1. The predicted octanol–water partition coefficient (Wildman–Crippen LogP) is 6.71. The molecule has 4 aromatic rings. The molecule has 1 aromatic heterocycles. The van der Waals surface area contributed by atoms with Crippen LogP contribution >= 0.6 is 11.6 Å². The zero-order valence-electron chi connectivity index (χ0n) is 18.2. The lowest BCUT2D eigenvalue weighted by molar-refractivity contribution is 0.205. The zero-order valence-corrected chi connectivity index (χ0v) is 19.8. The first-order valence-electron chi connectivity index (χ1n) is 10.6. The van der Waals surface area contributed by atoms with Crippen LogP contribution < -0.4 is 0 Å². The summed E-state index contributed by atoms with van der Waals surface area (Å²) < 4.78 is 29.2. The number of benzene rings is 3. The molecule has 0 bridgehead atoms. The van der Waals surface area contributed by atoms with Gasteiger partial charge in [0.1, 0.15) is 6.10 Å². The predicted molar refractivity (Wildman–Crippen MR) is 136 cm³/mol. The number of aromatic nitrogens is 1. The van der Waals surface area contributed by atoms with Gasteiger partial charge in [0.2, 0.25) is 0 Å². The number of hydrogen-bond donors (Lipinski definition) is 0. The van der Waals surface area contributed by atoms with E-state index in [4.69, 9.17) is 15.8 Å². The Kier molecular flexibility index (Phi) is 7.23. The van der Waals surface area contributed by atoms with Crippen molar-refractivity contribution in [1.82, 2.24) is 4.98 Å². The highest BCUT2D eigenvalue weighted by molar-refractivity contribution is 7.86. The highest BCUT2D eigenvalue weighted by Gasteiger charge is 2.18. The van der Waals surface area contributed by atoms with Gasteiger partial charge in [-0.2, -0.15) is 8.42 Å². The number of hydrogen-bond acceptors (Lipinski definition) is 4. The molecule has 0 radical (unpaired) electrons. The van der Waals surface area contributed by atoms with Crippen molar-refractivity contribution < 1.29 is 12.6 Å². The molecule has 1 atom stereocenters. The van der Waals surface area contributed by atoms with Crippen LogP contribution in [0.1, 0.15) is 34.9 Å². The summed E-state index contributed by atoms with van der Waals surface area (Å²) in [4.78, 5) is 4.64. The molecule has 0 fully saturated rings. The minimum atomic E-state index is -3.61. The van der Waals surface area contributed by atoms with E-state index in [2.05, 4.69) is 4.98 Å².